The minimum Gasteiger partial charge on any atom is -0.394 e. The molecule has 3 rings (SSSR count). The molecule has 1 aromatic carbocycles. The lowest BCUT2D eigenvalue weighted by Gasteiger charge is -2.16. The van der Waals surface area contributed by atoms with Gasteiger partial charge in [-0.15, -0.1) is 0 Å². The zero-order valence-electron chi connectivity index (χ0n) is 12.9. The number of amides is 1. The van der Waals surface area contributed by atoms with E-state index >= 15 is 0 Å². The van der Waals surface area contributed by atoms with E-state index in [4.69, 9.17) is 9.84 Å². The molecule has 0 aliphatic carbocycles. The number of ether oxygens (including phenoxy) is 1. The van der Waals surface area contributed by atoms with E-state index in [1.165, 1.54) is 12.3 Å². The molecule has 4 atom stereocenters. The summed E-state index contributed by atoms with van der Waals surface area (Å²) in [6, 6.07) is 9.68. The van der Waals surface area contributed by atoms with Gasteiger partial charge in [0, 0.05) is 11.8 Å². The molecule has 1 aliphatic heterocycles. The summed E-state index contributed by atoms with van der Waals surface area (Å²) in [5.74, 6) is -0.440. The van der Waals surface area contributed by atoms with Crippen LogP contribution in [0.15, 0.2) is 47.4 Å². The van der Waals surface area contributed by atoms with Crippen molar-refractivity contribution in [3.8, 4) is 0 Å². The van der Waals surface area contributed by atoms with Crippen LogP contribution in [0.1, 0.15) is 16.6 Å². The third-order valence-corrected chi connectivity index (χ3v) is 3.86. The predicted octanol–water partition coefficient (Wildman–Crippen LogP) is 0.0843. The summed E-state index contributed by atoms with van der Waals surface area (Å²) in [6.07, 6.45) is -4.74. The van der Waals surface area contributed by atoms with Crippen LogP contribution in [0.3, 0.4) is 0 Å². The van der Waals surface area contributed by atoms with Crippen molar-refractivity contribution in [2.24, 2.45) is 0 Å². The van der Waals surface area contributed by atoms with Gasteiger partial charge in [0.25, 0.3) is 5.91 Å². The van der Waals surface area contributed by atoms with Gasteiger partial charge >= 0.3 is 5.69 Å². The summed E-state index contributed by atoms with van der Waals surface area (Å²) in [6.45, 7) is -0.578. The largest absolute Gasteiger partial charge is 0.394 e. The van der Waals surface area contributed by atoms with Crippen LogP contribution in [0, 0.1) is 0 Å². The molecule has 8 nitrogen and oxygen atoms in total. The number of aliphatic hydroxyl groups is 2. The lowest BCUT2D eigenvalue weighted by Crippen LogP contribution is -2.33. The molecular formula is C16H16FN3O5. The van der Waals surface area contributed by atoms with E-state index in [2.05, 4.69) is 10.3 Å². The van der Waals surface area contributed by atoms with Crippen LogP contribution in [0.25, 0.3) is 0 Å². The third kappa shape index (κ3) is 3.43. The minimum atomic E-state index is -1.89. The second-order valence-corrected chi connectivity index (χ2v) is 5.51. The number of hydrogen-bond acceptors (Lipinski definition) is 6. The smallest absolute Gasteiger partial charge is 0.351 e. The van der Waals surface area contributed by atoms with Crippen molar-refractivity contribution in [2.75, 3.05) is 11.9 Å². The number of nitrogens with zero attached hydrogens (tertiary/aromatic N) is 2. The Labute approximate surface area is 141 Å². The Balaban J connectivity index is 1.78. The van der Waals surface area contributed by atoms with Crippen molar-refractivity contribution in [2.45, 2.75) is 24.6 Å². The minimum absolute atomic E-state index is 0.00256. The van der Waals surface area contributed by atoms with Gasteiger partial charge in [0.2, 0.25) is 0 Å². The molecule has 1 aliphatic rings. The fourth-order valence-electron chi connectivity index (χ4n) is 2.53. The van der Waals surface area contributed by atoms with E-state index in [1.807, 2.05) is 0 Å². The monoisotopic (exact) mass is 349 g/mol. The summed E-state index contributed by atoms with van der Waals surface area (Å²) in [7, 11) is 0. The van der Waals surface area contributed by atoms with Gasteiger partial charge in [0.15, 0.2) is 12.4 Å². The number of benzene rings is 1. The van der Waals surface area contributed by atoms with Crippen molar-refractivity contribution >= 4 is 11.7 Å². The summed E-state index contributed by atoms with van der Waals surface area (Å²) in [5.41, 5.74) is -0.463. The van der Waals surface area contributed by atoms with Gasteiger partial charge in [0.1, 0.15) is 18.0 Å². The van der Waals surface area contributed by atoms with Gasteiger partial charge in [-0.25, -0.2) is 9.18 Å². The normalized spacial score (nSPS) is 25.7. The van der Waals surface area contributed by atoms with Crippen LogP contribution in [-0.4, -0.2) is 50.7 Å². The van der Waals surface area contributed by atoms with Crippen LogP contribution in [-0.2, 0) is 4.74 Å². The van der Waals surface area contributed by atoms with Crippen LogP contribution in [0.2, 0.25) is 0 Å². The maximum Gasteiger partial charge on any atom is 0.351 e. The Morgan fingerprint density at radius 3 is 2.64 bits per heavy atom. The number of rotatable bonds is 4. The third-order valence-electron chi connectivity index (χ3n) is 3.86. The molecular weight excluding hydrogens is 333 g/mol. The number of carbonyl (C=O) groups excluding carboxylic acids is 1. The molecule has 0 spiro atoms. The first-order chi connectivity index (χ1) is 12.0. The first-order valence-electron chi connectivity index (χ1n) is 7.55. The zero-order valence-corrected chi connectivity index (χ0v) is 12.9. The Hall–Kier alpha value is -2.62. The number of halogens is 1. The molecule has 1 aromatic heterocycles. The molecule has 25 heavy (non-hydrogen) atoms. The highest BCUT2D eigenvalue weighted by Crippen LogP contribution is 2.30. The second-order valence-electron chi connectivity index (χ2n) is 5.51. The molecule has 0 radical (unpaired) electrons. The molecule has 132 valence electrons. The molecule has 0 saturated carbocycles. The number of aromatic nitrogens is 2. The first kappa shape index (κ1) is 17.2. The predicted molar refractivity (Wildman–Crippen MR) is 84.8 cm³/mol. The van der Waals surface area contributed by atoms with Crippen molar-refractivity contribution in [1.29, 1.82) is 0 Å². The number of alkyl halides is 1. The van der Waals surface area contributed by atoms with E-state index < -0.39 is 42.8 Å². The fraction of sp³-hybridized carbons (Fsp3) is 0.312. The van der Waals surface area contributed by atoms with Crippen molar-refractivity contribution in [1.82, 2.24) is 9.55 Å². The van der Waals surface area contributed by atoms with Gasteiger partial charge in [-0.3, -0.25) is 9.36 Å². The topological polar surface area (TPSA) is 114 Å². The van der Waals surface area contributed by atoms with Gasteiger partial charge in [-0.05, 0) is 18.2 Å². The van der Waals surface area contributed by atoms with E-state index in [0.717, 1.165) is 4.57 Å². The summed E-state index contributed by atoms with van der Waals surface area (Å²) in [5, 5.41) is 21.1. The molecule has 0 bridgehead atoms. The number of anilines is 1. The van der Waals surface area contributed by atoms with Crippen molar-refractivity contribution in [3.05, 3.63) is 58.6 Å². The molecule has 1 saturated heterocycles. The lowest BCUT2D eigenvalue weighted by molar-refractivity contribution is -0.0490. The first-order valence-corrected chi connectivity index (χ1v) is 7.55. The van der Waals surface area contributed by atoms with Gasteiger partial charge in [-0.1, -0.05) is 18.2 Å². The molecule has 9 heteroatoms. The average molecular weight is 349 g/mol. The molecule has 3 unspecified atom stereocenters. The second kappa shape index (κ2) is 7.09. The number of carbonyl (C=O) groups is 1. The summed E-state index contributed by atoms with van der Waals surface area (Å²) >= 11 is 0. The van der Waals surface area contributed by atoms with Crippen LogP contribution >= 0.6 is 0 Å². The maximum atomic E-state index is 14.1. The maximum absolute atomic E-state index is 14.1. The van der Waals surface area contributed by atoms with Gasteiger partial charge < -0.3 is 20.3 Å². The molecule has 1 fully saturated rings. The molecule has 2 aromatic rings. The van der Waals surface area contributed by atoms with Crippen molar-refractivity contribution in [3.63, 3.8) is 0 Å². The molecule has 3 N–H and O–H groups in total. The Bertz CT molecular complexity index is 813. The average Bonchev–Trinajstić information content (AvgIpc) is 2.91. The molecule has 2 heterocycles. The summed E-state index contributed by atoms with van der Waals surface area (Å²) in [4.78, 5) is 27.8. The SMILES string of the molecule is O=C(Nc1ccn(C2OC(CO)C(O)[C@@H]2F)c(=O)n1)c1ccccc1. The van der Waals surface area contributed by atoms with Crippen LogP contribution < -0.4 is 11.0 Å². The Morgan fingerprint density at radius 1 is 1.32 bits per heavy atom. The number of hydrogen-bond donors (Lipinski definition) is 3. The highest BCUT2D eigenvalue weighted by atomic mass is 19.1. The van der Waals surface area contributed by atoms with Crippen LogP contribution in [0.5, 0.6) is 0 Å². The van der Waals surface area contributed by atoms with Gasteiger partial charge in [-0.2, -0.15) is 4.98 Å². The van der Waals surface area contributed by atoms with Gasteiger partial charge in [0.05, 0.1) is 6.61 Å². The van der Waals surface area contributed by atoms with E-state index in [1.54, 1.807) is 30.3 Å². The quantitative estimate of drug-likeness (QED) is 0.721. The molecule has 1 amide bonds. The number of aliphatic hydroxyl groups excluding tert-OH is 2. The van der Waals surface area contributed by atoms with Crippen LogP contribution in [0.4, 0.5) is 10.2 Å². The van der Waals surface area contributed by atoms with E-state index in [9.17, 15) is 19.1 Å². The highest BCUT2D eigenvalue weighted by Gasteiger charge is 2.45. The van der Waals surface area contributed by atoms with E-state index in [-0.39, 0.29) is 5.82 Å². The standard InChI is InChI=1S/C16H16FN3O5/c17-12-13(22)10(8-21)25-15(12)20-7-6-11(19-16(20)24)18-14(23)9-4-2-1-3-5-9/h1-7,10,12-13,15,21-22H,8H2,(H,18,19,23,24)/t10?,12-,13?,15?/m0/s1. The van der Waals surface area contributed by atoms with E-state index in [0.29, 0.717) is 5.56 Å². The lowest BCUT2D eigenvalue weighted by atomic mass is 10.1. The number of nitrogens with one attached hydrogen (secondary N) is 1. The zero-order chi connectivity index (χ0) is 18.0. The summed E-state index contributed by atoms with van der Waals surface area (Å²) < 4.78 is 20.1. The Morgan fingerprint density at radius 2 is 2.04 bits per heavy atom. The van der Waals surface area contributed by atoms with Crippen molar-refractivity contribution < 1.29 is 24.1 Å². The highest BCUT2D eigenvalue weighted by molar-refractivity contribution is 6.03. The fourth-order valence-corrected chi connectivity index (χ4v) is 2.53. The Kier molecular flexibility index (Phi) is 4.88.